The van der Waals surface area contributed by atoms with Crippen LogP contribution in [0.1, 0.15) is 39.2 Å². The Morgan fingerprint density at radius 3 is 2.17 bits per heavy atom. The van der Waals surface area contributed by atoms with E-state index in [2.05, 4.69) is 5.32 Å². The Morgan fingerprint density at radius 1 is 0.958 bits per heavy atom. The number of benzene rings is 3. The number of nitrogens with one attached hydrogen (secondary N) is 1. The third-order valence-electron chi connectivity index (χ3n) is 6.82. The quantitative estimate of drug-likeness (QED) is 0.0673. The smallest absolute Gasteiger partial charge is 0.497 e. The second kappa shape index (κ2) is 17.4. The Balaban J connectivity index is 1.71. The van der Waals surface area contributed by atoms with Gasteiger partial charge in [0.05, 0.1) is 35.7 Å². The summed E-state index contributed by atoms with van der Waals surface area (Å²) < 4.78 is 49.4. The minimum Gasteiger partial charge on any atom is -0.497 e. The van der Waals surface area contributed by atoms with E-state index in [4.69, 9.17) is 18.9 Å². The third-order valence-corrected chi connectivity index (χ3v) is 8.70. The largest absolute Gasteiger partial charge is 0.513 e. The maximum Gasteiger partial charge on any atom is 0.513 e. The van der Waals surface area contributed by atoms with E-state index in [1.54, 1.807) is 20.8 Å². The molecule has 0 aliphatic rings. The molecule has 3 aromatic rings. The molecule has 0 heterocycles. The van der Waals surface area contributed by atoms with Gasteiger partial charge in [-0.25, -0.2) is 18.0 Å². The van der Waals surface area contributed by atoms with E-state index in [1.807, 2.05) is 30.3 Å². The number of methoxy groups -OCH3 is 1. The zero-order chi connectivity index (χ0) is 35.3. The van der Waals surface area contributed by atoms with Crippen molar-refractivity contribution < 1.29 is 47.0 Å². The highest BCUT2D eigenvalue weighted by Crippen LogP contribution is 2.22. The molecule has 14 nitrogen and oxygen atoms in total. The molecule has 260 valence electrons. The summed E-state index contributed by atoms with van der Waals surface area (Å²) in [4.78, 5) is 35.0. The molecule has 0 fully saturated rings. The fourth-order valence-corrected chi connectivity index (χ4v) is 5.96. The first kappa shape index (κ1) is 37.7. The van der Waals surface area contributed by atoms with Gasteiger partial charge in [0.25, 0.3) is 5.69 Å². The predicted octanol–water partition coefficient (Wildman–Crippen LogP) is 5.09. The topological polar surface area (TPSA) is 184 Å². The molecule has 0 aliphatic heterocycles. The van der Waals surface area contributed by atoms with Crippen molar-refractivity contribution in [1.29, 1.82) is 0 Å². The van der Waals surface area contributed by atoms with Gasteiger partial charge in [0.2, 0.25) is 10.0 Å². The lowest BCUT2D eigenvalue weighted by Gasteiger charge is -2.30. The van der Waals surface area contributed by atoms with Crippen LogP contribution in [0.25, 0.3) is 0 Å². The Bertz CT molecular complexity index is 1590. The number of sulfonamides is 1. The molecular formula is C33H41N3O11S. The highest BCUT2D eigenvalue weighted by atomic mass is 32.2. The van der Waals surface area contributed by atoms with Crippen molar-refractivity contribution in [3.63, 3.8) is 0 Å². The van der Waals surface area contributed by atoms with Gasteiger partial charge in [0.15, 0.2) is 0 Å². The molecule has 1 amide bonds. The van der Waals surface area contributed by atoms with Crippen LogP contribution in [-0.2, 0) is 25.9 Å². The predicted molar refractivity (Wildman–Crippen MR) is 175 cm³/mol. The van der Waals surface area contributed by atoms with Crippen LogP contribution >= 0.6 is 0 Å². The normalized spacial score (nSPS) is 12.9. The van der Waals surface area contributed by atoms with Crippen molar-refractivity contribution in [2.24, 2.45) is 0 Å². The lowest BCUT2D eigenvalue weighted by Crippen LogP contribution is -2.51. The van der Waals surface area contributed by atoms with Crippen molar-refractivity contribution in [2.45, 2.75) is 62.7 Å². The van der Waals surface area contributed by atoms with E-state index in [-0.39, 0.29) is 55.3 Å². The van der Waals surface area contributed by atoms with Crippen molar-refractivity contribution >= 4 is 28.0 Å². The number of aliphatic hydroxyl groups is 1. The lowest BCUT2D eigenvalue weighted by molar-refractivity contribution is -0.384. The van der Waals surface area contributed by atoms with Crippen LogP contribution in [0.5, 0.6) is 11.5 Å². The summed E-state index contributed by atoms with van der Waals surface area (Å²) >= 11 is 0. The van der Waals surface area contributed by atoms with E-state index in [0.29, 0.717) is 5.75 Å². The molecule has 0 aliphatic carbocycles. The summed E-state index contributed by atoms with van der Waals surface area (Å²) in [5.41, 5.74) is -0.159. The summed E-state index contributed by atoms with van der Waals surface area (Å²) in [7, 11) is -2.69. The number of hydrogen-bond acceptors (Lipinski definition) is 11. The average molecular weight is 688 g/mol. The number of unbranched alkanes of at least 4 members (excludes halogenated alkanes) is 1. The van der Waals surface area contributed by atoms with Gasteiger partial charge in [0.1, 0.15) is 17.1 Å². The van der Waals surface area contributed by atoms with Gasteiger partial charge in [-0.3, -0.25) is 10.1 Å². The third kappa shape index (κ3) is 12.1. The summed E-state index contributed by atoms with van der Waals surface area (Å²) in [5, 5.41) is 24.9. The molecular weight excluding hydrogens is 646 g/mol. The fourth-order valence-electron chi connectivity index (χ4n) is 4.46. The van der Waals surface area contributed by atoms with Crippen molar-refractivity contribution in [1.82, 2.24) is 9.62 Å². The Hall–Kier alpha value is -4.73. The monoisotopic (exact) mass is 687 g/mol. The number of aliphatic hydroxyl groups excluding tert-OH is 1. The van der Waals surface area contributed by atoms with Crippen LogP contribution in [0, 0.1) is 10.1 Å². The Kier molecular flexibility index (Phi) is 13.7. The van der Waals surface area contributed by atoms with E-state index in [0.717, 1.165) is 9.87 Å². The van der Waals surface area contributed by atoms with Gasteiger partial charge < -0.3 is 29.4 Å². The van der Waals surface area contributed by atoms with Gasteiger partial charge in [-0.2, -0.15) is 4.31 Å². The van der Waals surface area contributed by atoms with Gasteiger partial charge in [-0.05, 0) is 82.0 Å². The van der Waals surface area contributed by atoms with Crippen LogP contribution in [0.15, 0.2) is 83.8 Å². The molecule has 2 atom stereocenters. The minimum absolute atomic E-state index is 0.0295. The summed E-state index contributed by atoms with van der Waals surface area (Å²) in [6, 6.07) is 18.9. The molecule has 0 unspecified atom stereocenters. The number of amides is 1. The number of nitrogens with zero attached hydrogens (tertiary/aromatic N) is 2. The highest BCUT2D eigenvalue weighted by molar-refractivity contribution is 7.89. The first-order valence-electron chi connectivity index (χ1n) is 15.1. The van der Waals surface area contributed by atoms with Crippen molar-refractivity contribution in [3.8, 4) is 11.5 Å². The number of hydrogen-bond donors (Lipinski definition) is 2. The zero-order valence-electron chi connectivity index (χ0n) is 27.2. The van der Waals surface area contributed by atoms with E-state index < -0.39 is 44.9 Å². The summed E-state index contributed by atoms with van der Waals surface area (Å²) in [6.07, 6.45) is -2.47. The van der Waals surface area contributed by atoms with Crippen LogP contribution in [0.2, 0.25) is 0 Å². The summed E-state index contributed by atoms with van der Waals surface area (Å²) in [6.45, 7) is 4.58. The standard InChI is InChI=1S/C33H41N3O11S/c1-33(2,3)47-31(38)34-29(22-24-10-6-5-7-11-24)30(37)23-35(48(42,43)28-18-16-26(44-4)17-19-28)20-8-9-21-45-32(39)46-27-14-12-25(13-15-27)36(40)41/h5-7,10-19,29-30,37H,8-9,20-23H2,1-4H3,(H,34,38)/t29-,30+/m0/s1. The van der Waals surface area contributed by atoms with E-state index in [9.17, 15) is 33.2 Å². The second-order valence-corrected chi connectivity index (χ2v) is 13.6. The number of alkyl carbamates (subject to hydrolysis) is 1. The number of nitro benzene ring substituents is 1. The molecule has 0 bridgehead atoms. The van der Waals surface area contributed by atoms with Crippen molar-refractivity contribution in [2.75, 3.05) is 26.8 Å². The fraction of sp³-hybridized carbons (Fsp3) is 0.394. The SMILES string of the molecule is COc1ccc(S(=O)(=O)N(CCCCOC(=O)Oc2ccc([N+](=O)[O-])cc2)C[C@@H](O)[C@H](Cc2ccccc2)NC(=O)OC(C)(C)C)cc1. The molecule has 3 aromatic carbocycles. The Labute approximate surface area is 279 Å². The lowest BCUT2D eigenvalue weighted by atomic mass is 10.0. The number of ether oxygens (including phenoxy) is 4. The molecule has 0 saturated carbocycles. The van der Waals surface area contributed by atoms with Gasteiger partial charge >= 0.3 is 12.2 Å². The number of nitro groups is 1. The number of carbonyl (C=O) groups excluding carboxylic acids is 2. The molecule has 2 N–H and O–H groups in total. The highest BCUT2D eigenvalue weighted by Gasteiger charge is 2.31. The first-order valence-corrected chi connectivity index (χ1v) is 16.6. The number of carbonyl (C=O) groups is 2. The molecule has 0 aromatic heterocycles. The van der Waals surface area contributed by atoms with Crippen LogP contribution < -0.4 is 14.8 Å². The molecule has 0 radical (unpaired) electrons. The van der Waals surface area contributed by atoms with Gasteiger partial charge in [0, 0.05) is 25.2 Å². The van der Waals surface area contributed by atoms with Gasteiger partial charge in [-0.1, -0.05) is 30.3 Å². The van der Waals surface area contributed by atoms with E-state index >= 15 is 0 Å². The van der Waals surface area contributed by atoms with Crippen LogP contribution in [-0.4, -0.2) is 79.6 Å². The molecule has 0 saturated heterocycles. The molecule has 48 heavy (non-hydrogen) atoms. The number of non-ortho nitro benzene ring substituents is 1. The molecule has 15 heteroatoms. The van der Waals surface area contributed by atoms with Crippen molar-refractivity contribution in [3.05, 3.63) is 94.5 Å². The maximum absolute atomic E-state index is 13.8. The summed E-state index contributed by atoms with van der Waals surface area (Å²) in [5.74, 6) is 0.518. The van der Waals surface area contributed by atoms with Crippen LogP contribution in [0.4, 0.5) is 15.3 Å². The first-order chi connectivity index (χ1) is 22.7. The molecule has 0 spiro atoms. The zero-order valence-corrected chi connectivity index (χ0v) is 28.1. The van der Waals surface area contributed by atoms with E-state index in [1.165, 1.54) is 55.6 Å². The maximum atomic E-state index is 13.8. The Morgan fingerprint density at radius 2 is 1.58 bits per heavy atom. The second-order valence-electron chi connectivity index (χ2n) is 11.7. The number of rotatable bonds is 16. The minimum atomic E-state index is -4.15. The van der Waals surface area contributed by atoms with Crippen LogP contribution in [0.3, 0.4) is 0 Å². The van der Waals surface area contributed by atoms with Gasteiger partial charge in [-0.15, -0.1) is 0 Å². The average Bonchev–Trinajstić information content (AvgIpc) is 3.03. The molecule has 3 rings (SSSR count).